The monoisotopic (exact) mass is 321 g/mol. The number of hydrogen-bond donors (Lipinski definition) is 1. The number of aromatic nitrogens is 2. The van der Waals surface area contributed by atoms with Crippen molar-refractivity contribution < 1.29 is 4.74 Å². The number of ether oxygens (including phenoxy) is 1. The molecule has 0 aliphatic heterocycles. The molecule has 1 aromatic carbocycles. The lowest BCUT2D eigenvalue weighted by molar-refractivity contribution is 0.458. The number of halogens is 1. The van der Waals surface area contributed by atoms with Crippen LogP contribution in [-0.4, -0.2) is 16.0 Å². The van der Waals surface area contributed by atoms with Crippen LogP contribution in [0, 0.1) is 0 Å². The van der Waals surface area contributed by atoms with Crippen molar-refractivity contribution in [2.45, 2.75) is 26.4 Å². The molecule has 1 N–H and O–H groups in total. The summed E-state index contributed by atoms with van der Waals surface area (Å²) in [4.78, 5) is 8.55. The van der Waals surface area contributed by atoms with Crippen LogP contribution in [0.1, 0.15) is 19.5 Å². The topological polar surface area (TPSA) is 47.0 Å². The molecule has 0 radical (unpaired) electrons. The molecule has 0 unspecified atom stereocenters. The number of nitrogens with zero attached hydrogens (tertiary/aromatic N) is 2. The molecule has 0 saturated heterocycles. The third kappa shape index (κ3) is 4.61. The van der Waals surface area contributed by atoms with E-state index in [4.69, 9.17) is 4.74 Å². The van der Waals surface area contributed by atoms with Gasteiger partial charge in [0.1, 0.15) is 5.75 Å². The van der Waals surface area contributed by atoms with E-state index in [0.29, 0.717) is 18.5 Å². The first-order chi connectivity index (χ1) is 9.13. The van der Waals surface area contributed by atoms with Crippen molar-refractivity contribution in [3.63, 3.8) is 0 Å². The summed E-state index contributed by atoms with van der Waals surface area (Å²) in [6.45, 7) is 4.90. The van der Waals surface area contributed by atoms with Crippen molar-refractivity contribution in [3.8, 4) is 11.6 Å². The number of rotatable bonds is 5. The second kappa shape index (κ2) is 6.63. The quantitative estimate of drug-likeness (QED) is 0.915. The average molecular weight is 322 g/mol. The molecule has 0 saturated carbocycles. The van der Waals surface area contributed by atoms with Crippen molar-refractivity contribution in [1.29, 1.82) is 0 Å². The first-order valence-electron chi connectivity index (χ1n) is 6.11. The van der Waals surface area contributed by atoms with Crippen molar-refractivity contribution in [2.75, 3.05) is 0 Å². The number of benzene rings is 1. The van der Waals surface area contributed by atoms with Gasteiger partial charge in [0, 0.05) is 17.1 Å². The highest BCUT2D eigenvalue weighted by molar-refractivity contribution is 9.10. The van der Waals surface area contributed by atoms with E-state index >= 15 is 0 Å². The second-order valence-corrected chi connectivity index (χ2v) is 5.36. The van der Waals surface area contributed by atoms with Crippen LogP contribution in [0.5, 0.6) is 11.6 Å². The lowest BCUT2D eigenvalue weighted by atomic mass is 10.3. The van der Waals surface area contributed by atoms with Crippen LogP contribution in [0.2, 0.25) is 0 Å². The Kier molecular flexibility index (Phi) is 4.87. The highest BCUT2D eigenvalue weighted by Gasteiger charge is 2.02. The smallest absolute Gasteiger partial charge is 0.237 e. The van der Waals surface area contributed by atoms with E-state index in [1.807, 2.05) is 24.3 Å². The van der Waals surface area contributed by atoms with Gasteiger partial charge in [0.2, 0.25) is 5.88 Å². The predicted octanol–water partition coefficient (Wildman–Crippen LogP) is 3.53. The minimum absolute atomic E-state index is 0.430. The van der Waals surface area contributed by atoms with Gasteiger partial charge in [-0.2, -0.15) is 0 Å². The van der Waals surface area contributed by atoms with E-state index in [-0.39, 0.29) is 0 Å². The Morgan fingerprint density at radius 1 is 1.26 bits per heavy atom. The van der Waals surface area contributed by atoms with Gasteiger partial charge in [0.05, 0.1) is 18.1 Å². The molecule has 2 aromatic rings. The van der Waals surface area contributed by atoms with Gasteiger partial charge in [0.15, 0.2) is 0 Å². The Balaban J connectivity index is 1.98. The van der Waals surface area contributed by atoms with Gasteiger partial charge in [-0.3, -0.25) is 4.98 Å². The van der Waals surface area contributed by atoms with E-state index in [1.165, 1.54) is 0 Å². The van der Waals surface area contributed by atoms with Gasteiger partial charge in [0.25, 0.3) is 0 Å². The maximum Gasteiger partial charge on any atom is 0.237 e. The largest absolute Gasteiger partial charge is 0.437 e. The Hall–Kier alpha value is -1.46. The first kappa shape index (κ1) is 14.0. The van der Waals surface area contributed by atoms with Gasteiger partial charge >= 0.3 is 0 Å². The molecular weight excluding hydrogens is 306 g/mol. The molecule has 1 aromatic heterocycles. The van der Waals surface area contributed by atoms with Crippen LogP contribution in [0.25, 0.3) is 0 Å². The Morgan fingerprint density at radius 2 is 2.11 bits per heavy atom. The Labute approximate surface area is 121 Å². The molecule has 1 heterocycles. The molecule has 100 valence electrons. The summed E-state index contributed by atoms with van der Waals surface area (Å²) in [5.41, 5.74) is 0.898. The van der Waals surface area contributed by atoms with Gasteiger partial charge in [-0.1, -0.05) is 35.8 Å². The molecule has 0 atom stereocenters. The lowest BCUT2D eigenvalue weighted by Crippen LogP contribution is -2.22. The second-order valence-electron chi connectivity index (χ2n) is 4.44. The minimum atomic E-state index is 0.430. The SMILES string of the molecule is CC(C)NCc1cnc(Oc2cccc(Br)c2)cn1. The van der Waals surface area contributed by atoms with Crippen molar-refractivity contribution in [3.05, 3.63) is 46.8 Å². The van der Waals surface area contributed by atoms with Crippen molar-refractivity contribution in [2.24, 2.45) is 0 Å². The van der Waals surface area contributed by atoms with Gasteiger partial charge in [-0.05, 0) is 18.2 Å². The standard InChI is InChI=1S/C14H16BrN3O/c1-10(2)16-7-12-8-18-14(9-17-12)19-13-5-3-4-11(15)6-13/h3-6,8-10,16H,7H2,1-2H3. The Morgan fingerprint density at radius 3 is 2.74 bits per heavy atom. The van der Waals surface area contributed by atoms with Crippen LogP contribution in [0.4, 0.5) is 0 Å². The van der Waals surface area contributed by atoms with Gasteiger partial charge < -0.3 is 10.1 Å². The van der Waals surface area contributed by atoms with Crippen LogP contribution in [0.3, 0.4) is 0 Å². The molecule has 0 aliphatic carbocycles. The Bertz CT molecular complexity index is 528. The maximum atomic E-state index is 5.62. The average Bonchev–Trinajstić information content (AvgIpc) is 2.38. The zero-order valence-corrected chi connectivity index (χ0v) is 12.5. The highest BCUT2D eigenvalue weighted by atomic mass is 79.9. The van der Waals surface area contributed by atoms with E-state index in [1.54, 1.807) is 12.4 Å². The molecule has 5 heteroatoms. The third-order valence-corrected chi connectivity index (χ3v) is 2.88. The number of hydrogen-bond acceptors (Lipinski definition) is 4. The van der Waals surface area contributed by atoms with Crippen molar-refractivity contribution >= 4 is 15.9 Å². The van der Waals surface area contributed by atoms with Gasteiger partial charge in [-0.25, -0.2) is 4.98 Å². The summed E-state index contributed by atoms with van der Waals surface area (Å²) < 4.78 is 6.58. The summed E-state index contributed by atoms with van der Waals surface area (Å²) in [7, 11) is 0. The van der Waals surface area contributed by atoms with Crippen LogP contribution < -0.4 is 10.1 Å². The van der Waals surface area contributed by atoms with Crippen LogP contribution >= 0.6 is 15.9 Å². The molecule has 0 aliphatic rings. The van der Waals surface area contributed by atoms with Crippen LogP contribution in [-0.2, 0) is 6.54 Å². The molecule has 4 nitrogen and oxygen atoms in total. The van der Waals surface area contributed by atoms with E-state index in [2.05, 4.69) is 45.1 Å². The highest BCUT2D eigenvalue weighted by Crippen LogP contribution is 2.22. The summed E-state index contributed by atoms with van der Waals surface area (Å²) in [6.07, 6.45) is 3.36. The third-order valence-electron chi connectivity index (χ3n) is 2.39. The molecule has 0 fully saturated rings. The van der Waals surface area contributed by atoms with E-state index < -0.39 is 0 Å². The summed E-state index contributed by atoms with van der Waals surface area (Å²) >= 11 is 3.40. The summed E-state index contributed by atoms with van der Waals surface area (Å²) in [6, 6.07) is 8.04. The zero-order valence-electron chi connectivity index (χ0n) is 10.9. The van der Waals surface area contributed by atoms with Gasteiger partial charge in [-0.15, -0.1) is 0 Å². The lowest BCUT2D eigenvalue weighted by Gasteiger charge is -2.08. The molecular formula is C14H16BrN3O. The normalized spacial score (nSPS) is 10.7. The van der Waals surface area contributed by atoms with E-state index in [0.717, 1.165) is 15.9 Å². The van der Waals surface area contributed by atoms with Crippen LogP contribution in [0.15, 0.2) is 41.1 Å². The summed E-state index contributed by atoms with van der Waals surface area (Å²) in [5, 5.41) is 3.29. The molecule has 19 heavy (non-hydrogen) atoms. The summed E-state index contributed by atoms with van der Waals surface area (Å²) in [5.74, 6) is 1.23. The number of nitrogens with one attached hydrogen (secondary N) is 1. The molecule has 2 rings (SSSR count). The van der Waals surface area contributed by atoms with Crippen molar-refractivity contribution in [1.82, 2.24) is 15.3 Å². The zero-order chi connectivity index (χ0) is 13.7. The fourth-order valence-electron chi connectivity index (χ4n) is 1.45. The molecule has 0 spiro atoms. The first-order valence-corrected chi connectivity index (χ1v) is 6.90. The predicted molar refractivity (Wildman–Crippen MR) is 78.2 cm³/mol. The fraction of sp³-hybridized carbons (Fsp3) is 0.286. The molecule has 0 amide bonds. The maximum absolute atomic E-state index is 5.62. The van der Waals surface area contributed by atoms with E-state index in [9.17, 15) is 0 Å². The minimum Gasteiger partial charge on any atom is -0.437 e. The molecule has 0 bridgehead atoms. The fourth-order valence-corrected chi connectivity index (χ4v) is 1.83.